The fraction of sp³-hybridized carbons (Fsp3) is 0.321. The molecule has 10 nitrogen and oxygen atoms in total. The van der Waals surface area contributed by atoms with E-state index in [1.54, 1.807) is 12.1 Å². The van der Waals surface area contributed by atoms with Crippen molar-refractivity contribution >= 4 is 21.6 Å². The Morgan fingerprint density at radius 3 is 2.10 bits per heavy atom. The number of aryl methyl sites for hydroxylation is 2. The van der Waals surface area contributed by atoms with E-state index in [2.05, 4.69) is 5.32 Å². The lowest BCUT2D eigenvalue weighted by atomic mass is 10.1. The summed E-state index contributed by atoms with van der Waals surface area (Å²) in [6.45, 7) is 3.80. The fourth-order valence-corrected chi connectivity index (χ4v) is 5.33. The molecule has 0 bridgehead atoms. The number of anilines is 1. The number of hydrogen-bond donors (Lipinski definition) is 1. The smallest absolute Gasteiger partial charge is 0.265 e. The van der Waals surface area contributed by atoms with Crippen LogP contribution >= 0.6 is 0 Å². The number of benzene rings is 3. The first-order valence-corrected chi connectivity index (χ1v) is 13.5. The van der Waals surface area contributed by atoms with E-state index in [-0.39, 0.29) is 35.2 Å². The summed E-state index contributed by atoms with van der Waals surface area (Å²) >= 11 is 0. The molecule has 0 atom stereocenters. The van der Waals surface area contributed by atoms with Crippen LogP contribution in [0.4, 0.5) is 5.69 Å². The van der Waals surface area contributed by atoms with Gasteiger partial charge in [0.25, 0.3) is 10.0 Å². The van der Waals surface area contributed by atoms with Gasteiger partial charge in [-0.25, -0.2) is 8.42 Å². The maximum absolute atomic E-state index is 13.9. The minimum atomic E-state index is -4.28. The first-order valence-electron chi connectivity index (χ1n) is 12.1. The van der Waals surface area contributed by atoms with Gasteiger partial charge in [0, 0.05) is 12.1 Å². The zero-order valence-corrected chi connectivity index (χ0v) is 23.8. The van der Waals surface area contributed by atoms with E-state index in [4.69, 9.17) is 23.7 Å². The van der Waals surface area contributed by atoms with Gasteiger partial charge in [0.05, 0.1) is 45.6 Å². The van der Waals surface area contributed by atoms with Gasteiger partial charge in [0.2, 0.25) is 5.91 Å². The highest BCUT2D eigenvalue weighted by Gasteiger charge is 2.31. The van der Waals surface area contributed by atoms with Gasteiger partial charge in [-0.3, -0.25) is 9.10 Å². The predicted octanol–water partition coefficient (Wildman–Crippen LogP) is 3.73. The molecule has 1 amide bonds. The van der Waals surface area contributed by atoms with Gasteiger partial charge in [-0.05, 0) is 49.7 Å². The van der Waals surface area contributed by atoms with Gasteiger partial charge >= 0.3 is 0 Å². The van der Waals surface area contributed by atoms with Gasteiger partial charge in [0.1, 0.15) is 30.4 Å². The van der Waals surface area contributed by atoms with Crippen LogP contribution in [-0.4, -0.2) is 62.5 Å². The van der Waals surface area contributed by atoms with Gasteiger partial charge in [-0.2, -0.15) is 0 Å². The van der Waals surface area contributed by atoms with Crippen LogP contribution in [0, 0.1) is 13.8 Å². The Hall–Kier alpha value is -4.12. The summed E-state index contributed by atoms with van der Waals surface area (Å²) in [5, 5.41) is 2.73. The maximum Gasteiger partial charge on any atom is 0.265 e. The largest absolute Gasteiger partial charge is 0.497 e. The molecule has 0 unspecified atom stereocenters. The molecular weight excluding hydrogens is 524 g/mol. The molecule has 3 aromatic carbocycles. The topological polar surface area (TPSA) is 113 Å². The van der Waals surface area contributed by atoms with Crippen molar-refractivity contribution in [2.24, 2.45) is 0 Å². The van der Waals surface area contributed by atoms with Crippen molar-refractivity contribution in [3.8, 4) is 28.7 Å². The summed E-state index contributed by atoms with van der Waals surface area (Å²) in [6, 6.07) is 14.7. The Morgan fingerprint density at radius 1 is 0.795 bits per heavy atom. The number of carbonyl (C=O) groups is 1. The Balaban J connectivity index is 1.88. The van der Waals surface area contributed by atoms with Crippen molar-refractivity contribution in [2.75, 3.05) is 52.4 Å². The maximum atomic E-state index is 13.9. The van der Waals surface area contributed by atoms with Crippen molar-refractivity contribution in [3.63, 3.8) is 0 Å². The second kappa shape index (κ2) is 13.1. The average Bonchev–Trinajstić information content (AvgIpc) is 2.94. The second-order valence-corrected chi connectivity index (χ2v) is 10.4. The summed E-state index contributed by atoms with van der Waals surface area (Å²) in [5.41, 5.74) is 2.24. The quantitative estimate of drug-likeness (QED) is 0.316. The summed E-state index contributed by atoms with van der Waals surface area (Å²) in [4.78, 5) is 12.9. The molecule has 0 radical (unpaired) electrons. The lowest BCUT2D eigenvalue weighted by Crippen LogP contribution is -2.42. The Bertz CT molecular complexity index is 1410. The molecule has 39 heavy (non-hydrogen) atoms. The number of rotatable bonds is 13. The van der Waals surface area contributed by atoms with Gasteiger partial charge in [0.15, 0.2) is 11.5 Å². The lowest BCUT2D eigenvalue weighted by Gasteiger charge is -2.26. The lowest BCUT2D eigenvalue weighted by molar-refractivity contribution is -0.119. The summed E-state index contributed by atoms with van der Waals surface area (Å²) < 4.78 is 55.8. The number of nitrogens with one attached hydrogen (secondary N) is 1. The third kappa shape index (κ3) is 7.05. The van der Waals surface area contributed by atoms with E-state index < -0.39 is 22.5 Å². The molecule has 0 aromatic heterocycles. The molecule has 0 aliphatic carbocycles. The van der Waals surface area contributed by atoms with Crippen LogP contribution in [0.1, 0.15) is 11.1 Å². The Labute approximate surface area is 229 Å². The summed E-state index contributed by atoms with van der Waals surface area (Å²) in [6.07, 6.45) is 0. The molecule has 3 aromatic rings. The van der Waals surface area contributed by atoms with Crippen LogP contribution in [-0.2, 0) is 14.8 Å². The highest BCUT2D eigenvalue weighted by Crippen LogP contribution is 2.37. The van der Waals surface area contributed by atoms with Crippen molar-refractivity contribution in [1.29, 1.82) is 0 Å². The molecular formula is C28H34N2O8S. The van der Waals surface area contributed by atoms with Crippen molar-refractivity contribution in [1.82, 2.24) is 5.32 Å². The molecule has 0 aliphatic heterocycles. The third-order valence-corrected chi connectivity index (χ3v) is 7.65. The number of amides is 1. The molecule has 11 heteroatoms. The number of nitrogens with zero attached hydrogens (tertiary/aromatic N) is 1. The van der Waals surface area contributed by atoms with Crippen LogP contribution < -0.4 is 33.3 Å². The molecule has 0 spiro atoms. The average molecular weight is 559 g/mol. The standard InChI is InChI=1S/C28H34N2O8S/c1-19-7-10-24(20(2)15-19)38-14-13-29-28(31)18-30(23-16-21(34-3)8-11-25(23)35-4)39(32,33)22-9-12-26(36-5)27(17-22)37-6/h7-12,15-17H,13-14,18H2,1-6H3,(H,29,31). The van der Waals surface area contributed by atoms with E-state index in [9.17, 15) is 13.2 Å². The van der Waals surface area contributed by atoms with E-state index in [0.717, 1.165) is 15.4 Å². The molecule has 0 saturated heterocycles. The zero-order chi connectivity index (χ0) is 28.6. The number of hydrogen-bond acceptors (Lipinski definition) is 8. The van der Waals surface area contributed by atoms with E-state index in [0.29, 0.717) is 17.2 Å². The molecule has 210 valence electrons. The SMILES string of the molecule is COc1ccc(OC)c(N(CC(=O)NCCOc2ccc(C)cc2C)S(=O)(=O)c2ccc(OC)c(OC)c2)c1. The van der Waals surface area contributed by atoms with Crippen LogP contribution in [0.2, 0.25) is 0 Å². The van der Waals surface area contributed by atoms with Crippen molar-refractivity contribution in [2.45, 2.75) is 18.7 Å². The number of methoxy groups -OCH3 is 4. The summed E-state index contributed by atoms with van der Waals surface area (Å²) in [7, 11) is 1.46. The molecule has 0 saturated carbocycles. The number of sulfonamides is 1. The molecule has 0 fully saturated rings. The predicted molar refractivity (Wildman–Crippen MR) is 148 cm³/mol. The van der Waals surface area contributed by atoms with E-state index >= 15 is 0 Å². The minimum absolute atomic E-state index is 0.101. The normalized spacial score (nSPS) is 10.9. The zero-order valence-electron chi connectivity index (χ0n) is 22.9. The van der Waals surface area contributed by atoms with Crippen LogP contribution in [0.15, 0.2) is 59.5 Å². The van der Waals surface area contributed by atoms with Gasteiger partial charge < -0.3 is 29.0 Å². The van der Waals surface area contributed by atoms with E-state index in [1.807, 2.05) is 32.0 Å². The number of carbonyl (C=O) groups excluding carboxylic acids is 1. The van der Waals surface area contributed by atoms with Crippen LogP contribution in [0.3, 0.4) is 0 Å². The third-order valence-electron chi connectivity index (χ3n) is 5.90. The van der Waals surface area contributed by atoms with Crippen LogP contribution in [0.5, 0.6) is 28.7 Å². The molecule has 3 rings (SSSR count). The monoisotopic (exact) mass is 558 g/mol. The molecule has 0 aliphatic rings. The summed E-state index contributed by atoms with van der Waals surface area (Å²) in [5.74, 6) is 1.40. The highest BCUT2D eigenvalue weighted by molar-refractivity contribution is 7.92. The van der Waals surface area contributed by atoms with Crippen molar-refractivity contribution < 1.29 is 36.9 Å². The van der Waals surface area contributed by atoms with Gasteiger partial charge in [-0.15, -0.1) is 0 Å². The van der Waals surface area contributed by atoms with E-state index in [1.165, 1.54) is 52.7 Å². The highest BCUT2D eigenvalue weighted by atomic mass is 32.2. The first-order chi connectivity index (χ1) is 18.6. The first kappa shape index (κ1) is 29.4. The van der Waals surface area contributed by atoms with Crippen LogP contribution in [0.25, 0.3) is 0 Å². The second-order valence-electron chi connectivity index (χ2n) is 8.53. The van der Waals surface area contributed by atoms with Gasteiger partial charge in [-0.1, -0.05) is 17.7 Å². The Morgan fingerprint density at radius 2 is 1.46 bits per heavy atom. The minimum Gasteiger partial charge on any atom is -0.497 e. The number of ether oxygens (including phenoxy) is 5. The molecule has 1 N–H and O–H groups in total. The Kier molecular flexibility index (Phi) is 9.89. The fourth-order valence-electron chi connectivity index (χ4n) is 3.89. The van der Waals surface area contributed by atoms with Crippen molar-refractivity contribution in [3.05, 3.63) is 65.7 Å². The molecule has 0 heterocycles.